The van der Waals surface area contributed by atoms with E-state index in [1.165, 1.54) is 25.1 Å². The maximum atomic E-state index is 3.86. The molecule has 1 aromatic carbocycles. The maximum absolute atomic E-state index is 3.86. The third-order valence-electron chi connectivity index (χ3n) is 2.89. The lowest BCUT2D eigenvalue weighted by molar-refractivity contribution is -0.630. The average Bonchev–Trinajstić information content (AvgIpc) is 2.67. The molecule has 0 aromatic heterocycles. The summed E-state index contributed by atoms with van der Waals surface area (Å²) in [5, 5.41) is 2.09. The molecule has 0 bridgehead atoms. The second-order valence-electron chi connectivity index (χ2n) is 4.01. The van der Waals surface area contributed by atoms with Gasteiger partial charge in [-0.1, -0.05) is 30.3 Å². The predicted octanol–water partition coefficient (Wildman–Crippen LogP) is 0.616. The van der Waals surface area contributed by atoms with E-state index in [1.807, 2.05) is 0 Å². The topological polar surface area (TPSA) is 19.9 Å². The van der Waals surface area contributed by atoms with Crippen LogP contribution in [0.1, 0.15) is 12.0 Å². The van der Waals surface area contributed by atoms with E-state index >= 15 is 0 Å². The second kappa shape index (κ2) is 4.58. The van der Waals surface area contributed by atoms with Crippen LogP contribution in [0.5, 0.6) is 0 Å². The van der Waals surface area contributed by atoms with Gasteiger partial charge in [-0.2, -0.15) is 7.05 Å². The average molecular weight is 190 g/mol. The van der Waals surface area contributed by atoms with Crippen LogP contribution in [0.2, 0.25) is 0 Å². The highest BCUT2D eigenvalue weighted by Gasteiger charge is 2.21. The van der Waals surface area contributed by atoms with Crippen molar-refractivity contribution in [3.8, 4) is 0 Å². The number of hydrogen-bond donors (Lipinski definition) is 1. The number of quaternary nitrogens is 1. The van der Waals surface area contributed by atoms with Crippen LogP contribution in [0.25, 0.3) is 0 Å². The molecule has 1 aliphatic heterocycles. The number of hydrogen-bond acceptors (Lipinski definition) is 1. The van der Waals surface area contributed by atoms with Gasteiger partial charge in [0.05, 0.1) is 6.04 Å². The van der Waals surface area contributed by atoms with Crippen molar-refractivity contribution in [3.63, 3.8) is 0 Å². The van der Waals surface area contributed by atoms with Crippen molar-refractivity contribution >= 4 is 0 Å². The summed E-state index contributed by atoms with van der Waals surface area (Å²) < 4.78 is 0. The quantitative estimate of drug-likeness (QED) is 0.693. The van der Waals surface area contributed by atoms with Crippen molar-refractivity contribution in [1.29, 1.82) is 0 Å². The fraction of sp³-hybridized carbons (Fsp3) is 0.417. The first kappa shape index (κ1) is 9.69. The monoisotopic (exact) mass is 190 g/mol. The van der Waals surface area contributed by atoms with Gasteiger partial charge >= 0.3 is 0 Å². The molecule has 0 saturated carbocycles. The van der Waals surface area contributed by atoms with Crippen molar-refractivity contribution in [2.45, 2.75) is 19.0 Å². The van der Waals surface area contributed by atoms with Crippen molar-refractivity contribution in [1.82, 2.24) is 4.90 Å². The smallest absolute Gasteiger partial charge is 0.0761 e. The first-order valence-corrected chi connectivity index (χ1v) is 5.27. The zero-order chi connectivity index (χ0) is 9.80. The molecule has 1 fully saturated rings. The van der Waals surface area contributed by atoms with E-state index in [2.05, 4.69) is 47.6 Å². The van der Waals surface area contributed by atoms with E-state index in [0.717, 1.165) is 6.54 Å². The third kappa shape index (κ3) is 2.34. The van der Waals surface area contributed by atoms with Crippen LogP contribution >= 0.6 is 0 Å². The molecule has 2 N–H and O–H groups in total. The molecule has 2 heteroatoms. The van der Waals surface area contributed by atoms with E-state index in [4.69, 9.17) is 0 Å². The van der Waals surface area contributed by atoms with E-state index in [1.54, 1.807) is 0 Å². The van der Waals surface area contributed by atoms with E-state index in [9.17, 15) is 0 Å². The summed E-state index contributed by atoms with van der Waals surface area (Å²) in [5.41, 5.74) is 1.41. The van der Waals surface area contributed by atoms with Crippen LogP contribution in [0.3, 0.4) is 0 Å². The van der Waals surface area contributed by atoms with E-state index < -0.39 is 0 Å². The number of nitrogens with two attached hydrogens (primary N) is 1. The molecular formula is C12H18N2. The molecule has 1 saturated heterocycles. The SMILES string of the molecule is [CH2-][NH2+]C1CCN(Cc2ccccc2)C1. The lowest BCUT2D eigenvalue weighted by Crippen LogP contribution is -2.84. The lowest BCUT2D eigenvalue weighted by Gasteiger charge is -2.15. The van der Waals surface area contributed by atoms with Gasteiger partial charge in [-0.25, -0.2) is 0 Å². The van der Waals surface area contributed by atoms with Gasteiger partial charge in [0.25, 0.3) is 0 Å². The summed E-state index contributed by atoms with van der Waals surface area (Å²) in [5.74, 6) is 0. The van der Waals surface area contributed by atoms with Gasteiger partial charge < -0.3 is 5.32 Å². The summed E-state index contributed by atoms with van der Waals surface area (Å²) in [4.78, 5) is 2.50. The Balaban J connectivity index is 1.88. The molecule has 1 aliphatic rings. The molecule has 2 nitrogen and oxygen atoms in total. The Morgan fingerprint density at radius 1 is 1.36 bits per heavy atom. The highest BCUT2D eigenvalue weighted by atomic mass is 15.2. The number of likely N-dealkylation sites (tertiary alicyclic amines) is 1. The van der Waals surface area contributed by atoms with Gasteiger partial charge in [0.15, 0.2) is 0 Å². The molecule has 1 atom stereocenters. The van der Waals surface area contributed by atoms with Crippen LogP contribution in [0.4, 0.5) is 0 Å². The maximum Gasteiger partial charge on any atom is 0.0761 e. The lowest BCUT2D eigenvalue weighted by atomic mass is 10.2. The molecule has 0 amide bonds. The number of benzene rings is 1. The minimum Gasteiger partial charge on any atom is -0.475 e. The highest BCUT2D eigenvalue weighted by Crippen LogP contribution is 2.11. The number of nitrogens with zero attached hydrogens (tertiary/aromatic N) is 1. The van der Waals surface area contributed by atoms with Crippen LogP contribution in [0.15, 0.2) is 30.3 Å². The largest absolute Gasteiger partial charge is 0.475 e. The van der Waals surface area contributed by atoms with Crippen LogP contribution in [-0.2, 0) is 6.54 Å². The predicted molar refractivity (Wildman–Crippen MR) is 57.4 cm³/mol. The number of rotatable bonds is 3. The minimum absolute atomic E-state index is 0.707. The van der Waals surface area contributed by atoms with Gasteiger partial charge in [-0.3, -0.25) is 4.90 Å². The summed E-state index contributed by atoms with van der Waals surface area (Å²) in [6.45, 7) is 3.48. The molecule has 0 radical (unpaired) electrons. The Bertz CT molecular complexity index is 271. The molecule has 76 valence electrons. The molecule has 0 spiro atoms. The van der Waals surface area contributed by atoms with Gasteiger partial charge in [0.2, 0.25) is 0 Å². The molecule has 2 rings (SSSR count). The van der Waals surface area contributed by atoms with Crippen molar-refractivity contribution < 1.29 is 5.32 Å². The minimum atomic E-state index is 0.707. The van der Waals surface area contributed by atoms with Gasteiger partial charge in [0.1, 0.15) is 0 Å². The van der Waals surface area contributed by atoms with Gasteiger partial charge in [-0.05, 0) is 5.56 Å². The van der Waals surface area contributed by atoms with Gasteiger partial charge in [-0.15, -0.1) is 0 Å². The Morgan fingerprint density at radius 2 is 2.14 bits per heavy atom. The molecular weight excluding hydrogens is 172 g/mol. The first-order valence-electron chi connectivity index (χ1n) is 5.27. The Morgan fingerprint density at radius 3 is 2.79 bits per heavy atom. The fourth-order valence-corrected chi connectivity index (χ4v) is 2.04. The summed E-state index contributed by atoms with van der Waals surface area (Å²) in [7, 11) is 3.86. The molecule has 1 heterocycles. The zero-order valence-corrected chi connectivity index (χ0v) is 8.52. The molecule has 0 aliphatic carbocycles. The summed E-state index contributed by atoms with van der Waals surface area (Å²) >= 11 is 0. The zero-order valence-electron chi connectivity index (χ0n) is 8.52. The van der Waals surface area contributed by atoms with Crippen molar-refractivity contribution in [2.24, 2.45) is 0 Å². The molecule has 1 aromatic rings. The van der Waals surface area contributed by atoms with Crippen molar-refractivity contribution in [3.05, 3.63) is 42.9 Å². The van der Waals surface area contributed by atoms with Crippen LogP contribution in [-0.4, -0.2) is 24.0 Å². The fourth-order valence-electron chi connectivity index (χ4n) is 2.04. The Kier molecular flexibility index (Phi) is 3.17. The normalized spacial score (nSPS) is 22.8. The summed E-state index contributed by atoms with van der Waals surface area (Å²) in [6, 6.07) is 11.4. The van der Waals surface area contributed by atoms with E-state index in [-0.39, 0.29) is 0 Å². The first-order chi connectivity index (χ1) is 6.88. The second-order valence-corrected chi connectivity index (χ2v) is 4.01. The standard InChI is InChI=1S/C12H18N2/c1-13-12-7-8-14(10-12)9-11-5-3-2-4-6-11/h2-6,12H,1,7-10,13H2. The Labute approximate surface area is 85.9 Å². The Hall–Kier alpha value is -0.860. The third-order valence-corrected chi connectivity index (χ3v) is 2.89. The van der Waals surface area contributed by atoms with Crippen LogP contribution < -0.4 is 5.32 Å². The molecule has 1 unspecified atom stereocenters. The molecule has 14 heavy (non-hydrogen) atoms. The highest BCUT2D eigenvalue weighted by molar-refractivity contribution is 5.14. The van der Waals surface area contributed by atoms with Gasteiger partial charge in [0, 0.05) is 26.1 Å². The van der Waals surface area contributed by atoms with E-state index in [0.29, 0.717) is 6.04 Å². The van der Waals surface area contributed by atoms with Crippen LogP contribution in [0, 0.1) is 7.05 Å². The van der Waals surface area contributed by atoms with Crippen molar-refractivity contribution in [2.75, 3.05) is 13.1 Å². The summed E-state index contributed by atoms with van der Waals surface area (Å²) in [6.07, 6.45) is 1.27.